The SMILES string of the molecule is COc1ccc(CN2CCN(Cc3cncc(Br)c3)CC2)cc1F. The van der Waals surface area contributed by atoms with Gasteiger partial charge < -0.3 is 4.74 Å². The summed E-state index contributed by atoms with van der Waals surface area (Å²) in [5.74, 6) is 0.00184. The minimum absolute atomic E-state index is 0.296. The van der Waals surface area contributed by atoms with E-state index in [0.717, 1.165) is 49.3 Å². The average Bonchev–Trinajstić information content (AvgIpc) is 2.57. The van der Waals surface area contributed by atoms with Crippen LogP contribution in [-0.4, -0.2) is 48.1 Å². The number of pyridine rings is 1. The highest BCUT2D eigenvalue weighted by Gasteiger charge is 2.17. The Hall–Kier alpha value is -1.50. The molecule has 6 heteroatoms. The van der Waals surface area contributed by atoms with E-state index in [0.29, 0.717) is 5.75 Å². The highest BCUT2D eigenvalue weighted by Crippen LogP contribution is 2.19. The third-order valence-corrected chi connectivity index (χ3v) is 4.69. The van der Waals surface area contributed by atoms with Crippen molar-refractivity contribution in [3.05, 3.63) is 58.1 Å². The van der Waals surface area contributed by atoms with E-state index in [2.05, 4.69) is 36.8 Å². The van der Waals surface area contributed by atoms with Crippen LogP contribution in [0.2, 0.25) is 0 Å². The predicted molar refractivity (Wildman–Crippen MR) is 95.4 cm³/mol. The van der Waals surface area contributed by atoms with E-state index in [9.17, 15) is 4.39 Å². The molecular weight excluding hydrogens is 373 g/mol. The smallest absolute Gasteiger partial charge is 0.165 e. The number of hydrogen-bond acceptors (Lipinski definition) is 4. The van der Waals surface area contributed by atoms with Crippen LogP contribution in [0.3, 0.4) is 0 Å². The fourth-order valence-corrected chi connectivity index (χ4v) is 3.38. The Bertz CT molecular complexity index is 690. The molecule has 0 bridgehead atoms. The number of methoxy groups -OCH3 is 1. The normalized spacial score (nSPS) is 16.3. The number of benzene rings is 1. The van der Waals surface area contributed by atoms with Crippen LogP contribution in [0.4, 0.5) is 4.39 Å². The van der Waals surface area contributed by atoms with Crippen molar-refractivity contribution < 1.29 is 9.13 Å². The Balaban J connectivity index is 1.51. The molecule has 1 aliphatic rings. The molecule has 0 aliphatic carbocycles. The number of halogens is 2. The molecular formula is C18H21BrFN3O. The summed E-state index contributed by atoms with van der Waals surface area (Å²) in [6, 6.07) is 7.31. The van der Waals surface area contributed by atoms with Crippen LogP contribution >= 0.6 is 15.9 Å². The second kappa shape index (κ2) is 8.05. The Morgan fingerprint density at radius 1 is 1.04 bits per heavy atom. The molecule has 4 nitrogen and oxygen atoms in total. The number of ether oxygens (including phenoxy) is 1. The van der Waals surface area contributed by atoms with Crippen molar-refractivity contribution in [3.8, 4) is 5.75 Å². The predicted octanol–water partition coefficient (Wildman–Crippen LogP) is 3.31. The highest BCUT2D eigenvalue weighted by molar-refractivity contribution is 9.10. The van der Waals surface area contributed by atoms with Crippen molar-refractivity contribution >= 4 is 15.9 Å². The van der Waals surface area contributed by atoms with Gasteiger partial charge in [0.15, 0.2) is 11.6 Å². The zero-order valence-corrected chi connectivity index (χ0v) is 15.3. The summed E-state index contributed by atoms with van der Waals surface area (Å²) >= 11 is 3.46. The number of rotatable bonds is 5. The topological polar surface area (TPSA) is 28.6 Å². The summed E-state index contributed by atoms with van der Waals surface area (Å²) in [6.45, 7) is 5.66. The van der Waals surface area contributed by atoms with E-state index in [1.54, 1.807) is 18.3 Å². The molecule has 1 fully saturated rings. The van der Waals surface area contributed by atoms with Crippen molar-refractivity contribution in [2.75, 3.05) is 33.3 Å². The van der Waals surface area contributed by atoms with Gasteiger partial charge in [-0.1, -0.05) is 6.07 Å². The first-order valence-corrected chi connectivity index (χ1v) is 8.80. The molecule has 24 heavy (non-hydrogen) atoms. The molecule has 1 aromatic heterocycles. The van der Waals surface area contributed by atoms with Gasteiger partial charge in [0.05, 0.1) is 7.11 Å². The highest BCUT2D eigenvalue weighted by atomic mass is 79.9. The van der Waals surface area contributed by atoms with Crippen LogP contribution in [0.15, 0.2) is 41.1 Å². The maximum Gasteiger partial charge on any atom is 0.165 e. The maximum atomic E-state index is 13.8. The monoisotopic (exact) mass is 393 g/mol. The molecule has 0 radical (unpaired) electrons. The van der Waals surface area contributed by atoms with Crippen LogP contribution in [0.1, 0.15) is 11.1 Å². The van der Waals surface area contributed by atoms with E-state index < -0.39 is 0 Å². The van der Waals surface area contributed by atoms with Crippen LogP contribution in [-0.2, 0) is 13.1 Å². The van der Waals surface area contributed by atoms with Crippen molar-refractivity contribution in [3.63, 3.8) is 0 Å². The standard InChI is InChI=1S/C18H21BrFN3O/c1-24-18-3-2-14(9-17(18)20)12-22-4-6-23(7-5-22)13-15-8-16(19)11-21-10-15/h2-3,8-11H,4-7,12-13H2,1H3. The van der Waals surface area contributed by atoms with Crippen molar-refractivity contribution in [1.82, 2.24) is 14.8 Å². The third-order valence-electron chi connectivity index (χ3n) is 4.25. The van der Waals surface area contributed by atoms with E-state index in [4.69, 9.17) is 4.74 Å². The van der Waals surface area contributed by atoms with Gasteiger partial charge in [-0.05, 0) is 45.3 Å². The lowest BCUT2D eigenvalue weighted by Gasteiger charge is -2.34. The molecule has 1 aromatic carbocycles. The summed E-state index contributed by atoms with van der Waals surface area (Å²) in [5.41, 5.74) is 2.20. The second-order valence-electron chi connectivity index (χ2n) is 6.03. The third kappa shape index (κ3) is 4.53. The summed E-state index contributed by atoms with van der Waals surface area (Å²) in [7, 11) is 1.48. The van der Waals surface area contributed by atoms with Crippen molar-refractivity contribution in [2.45, 2.75) is 13.1 Å². The van der Waals surface area contributed by atoms with Gasteiger partial charge in [-0.15, -0.1) is 0 Å². The molecule has 3 rings (SSSR count). The van der Waals surface area contributed by atoms with Gasteiger partial charge in [0.1, 0.15) is 0 Å². The molecule has 0 N–H and O–H groups in total. The molecule has 0 saturated carbocycles. The largest absolute Gasteiger partial charge is 0.494 e. The van der Waals surface area contributed by atoms with Gasteiger partial charge in [0.2, 0.25) is 0 Å². The summed E-state index contributed by atoms with van der Waals surface area (Å²) in [5, 5.41) is 0. The molecule has 2 heterocycles. The molecule has 0 unspecified atom stereocenters. The first kappa shape index (κ1) is 17.3. The minimum Gasteiger partial charge on any atom is -0.494 e. The molecule has 0 atom stereocenters. The van der Waals surface area contributed by atoms with E-state index >= 15 is 0 Å². The molecule has 128 valence electrons. The van der Waals surface area contributed by atoms with Gasteiger partial charge in [-0.2, -0.15) is 0 Å². The van der Waals surface area contributed by atoms with Gasteiger partial charge in [0.25, 0.3) is 0 Å². The lowest BCUT2D eigenvalue weighted by atomic mass is 10.1. The maximum absolute atomic E-state index is 13.8. The molecule has 0 amide bonds. The molecule has 1 saturated heterocycles. The summed E-state index contributed by atoms with van der Waals surface area (Å²) in [4.78, 5) is 9.00. The lowest BCUT2D eigenvalue weighted by molar-refractivity contribution is 0.122. The van der Waals surface area contributed by atoms with Gasteiger partial charge in [0, 0.05) is 56.1 Å². The van der Waals surface area contributed by atoms with Gasteiger partial charge in [-0.3, -0.25) is 14.8 Å². The molecule has 2 aromatic rings. The van der Waals surface area contributed by atoms with Gasteiger partial charge >= 0.3 is 0 Å². The lowest BCUT2D eigenvalue weighted by Crippen LogP contribution is -2.45. The van der Waals surface area contributed by atoms with Crippen molar-refractivity contribution in [1.29, 1.82) is 0 Å². The zero-order valence-electron chi connectivity index (χ0n) is 13.7. The zero-order chi connectivity index (χ0) is 16.9. The first-order valence-electron chi connectivity index (χ1n) is 8.00. The van der Waals surface area contributed by atoms with Crippen molar-refractivity contribution in [2.24, 2.45) is 0 Å². The number of piperazine rings is 1. The fraction of sp³-hybridized carbons (Fsp3) is 0.389. The van der Waals surface area contributed by atoms with E-state index in [1.807, 2.05) is 12.3 Å². The van der Waals surface area contributed by atoms with Crippen LogP contribution in [0.5, 0.6) is 5.75 Å². The summed E-state index contributed by atoms with van der Waals surface area (Å²) in [6.07, 6.45) is 3.71. The van der Waals surface area contributed by atoms with Gasteiger partial charge in [-0.25, -0.2) is 4.39 Å². The first-order chi connectivity index (χ1) is 11.6. The van der Waals surface area contributed by atoms with Crippen LogP contribution in [0.25, 0.3) is 0 Å². The minimum atomic E-state index is -0.296. The van der Waals surface area contributed by atoms with E-state index in [-0.39, 0.29) is 5.82 Å². The summed E-state index contributed by atoms with van der Waals surface area (Å²) < 4.78 is 19.8. The second-order valence-corrected chi connectivity index (χ2v) is 6.95. The molecule has 0 spiro atoms. The van der Waals surface area contributed by atoms with E-state index in [1.165, 1.54) is 12.7 Å². The Labute approximate surface area is 150 Å². The number of hydrogen-bond donors (Lipinski definition) is 0. The number of nitrogens with zero attached hydrogens (tertiary/aromatic N) is 3. The molecule has 1 aliphatic heterocycles. The fourth-order valence-electron chi connectivity index (χ4n) is 2.97. The Kier molecular flexibility index (Phi) is 5.81. The Morgan fingerprint density at radius 2 is 1.71 bits per heavy atom. The quantitative estimate of drug-likeness (QED) is 0.778. The average molecular weight is 394 g/mol. The van der Waals surface area contributed by atoms with Crippen LogP contribution < -0.4 is 4.74 Å². The van der Waals surface area contributed by atoms with Crippen LogP contribution in [0, 0.1) is 5.82 Å². The number of aromatic nitrogens is 1. The Morgan fingerprint density at radius 3 is 2.29 bits per heavy atom.